The van der Waals surface area contributed by atoms with Gasteiger partial charge in [-0.05, 0) is 43.6 Å². The Balaban J connectivity index is 0.00000312. The Hall–Kier alpha value is -2.08. The van der Waals surface area contributed by atoms with Gasteiger partial charge in [0.2, 0.25) is 0 Å². The standard InChI is InChI=1S/C18H25N3O3.ClH/c19-18(20)21-11-13-3-8-15(9-4-13)17(24)14-6-1-12(2-7-14)5-10-16(22)23;/h1-2,6-7,13,15H,3-5,8-11H2,(H,22,23)(H4,19,20,21);1H/t13-,15-;. The van der Waals surface area contributed by atoms with Crippen molar-refractivity contribution in [3.8, 4) is 0 Å². The average molecular weight is 368 g/mol. The first-order valence-corrected chi connectivity index (χ1v) is 8.38. The third-order valence-corrected chi connectivity index (χ3v) is 4.66. The normalized spacial score (nSPS) is 19.5. The van der Waals surface area contributed by atoms with Gasteiger partial charge in [-0.2, -0.15) is 0 Å². The first-order valence-electron chi connectivity index (χ1n) is 8.38. The molecule has 5 N–H and O–H groups in total. The van der Waals surface area contributed by atoms with Gasteiger partial charge in [-0.15, -0.1) is 12.4 Å². The highest BCUT2D eigenvalue weighted by Crippen LogP contribution is 2.30. The predicted molar refractivity (Wildman–Crippen MR) is 99.3 cm³/mol. The molecule has 1 aromatic carbocycles. The summed E-state index contributed by atoms with van der Waals surface area (Å²) in [4.78, 5) is 23.2. The molecule has 0 aromatic heterocycles. The number of carbonyl (C=O) groups excluding carboxylic acids is 1. The van der Waals surface area contributed by atoms with Gasteiger partial charge in [0.25, 0.3) is 0 Å². The summed E-state index contributed by atoms with van der Waals surface area (Å²) in [7, 11) is 0. The fourth-order valence-corrected chi connectivity index (χ4v) is 3.21. The average Bonchev–Trinajstić information content (AvgIpc) is 2.58. The summed E-state index contributed by atoms with van der Waals surface area (Å²) in [6, 6.07) is 7.31. The van der Waals surface area contributed by atoms with E-state index in [1.807, 2.05) is 24.3 Å². The van der Waals surface area contributed by atoms with Gasteiger partial charge in [0, 0.05) is 24.4 Å². The molecule has 1 aliphatic rings. The van der Waals surface area contributed by atoms with Crippen LogP contribution in [0.25, 0.3) is 0 Å². The number of carboxylic acid groups (broad SMARTS) is 1. The maximum atomic E-state index is 12.6. The van der Waals surface area contributed by atoms with E-state index in [1.54, 1.807) is 0 Å². The van der Waals surface area contributed by atoms with Crippen LogP contribution in [0.4, 0.5) is 0 Å². The second kappa shape index (κ2) is 10.0. The lowest BCUT2D eigenvalue weighted by molar-refractivity contribution is -0.136. The van der Waals surface area contributed by atoms with Crippen molar-refractivity contribution in [3.63, 3.8) is 0 Å². The number of benzene rings is 1. The summed E-state index contributed by atoms with van der Waals surface area (Å²) in [5.74, 6) is -0.111. The zero-order valence-corrected chi connectivity index (χ0v) is 15.0. The summed E-state index contributed by atoms with van der Waals surface area (Å²) in [5, 5.41) is 18.7. The zero-order valence-electron chi connectivity index (χ0n) is 14.2. The molecule has 1 saturated carbocycles. The fourth-order valence-electron chi connectivity index (χ4n) is 3.21. The molecule has 1 fully saturated rings. The van der Waals surface area contributed by atoms with E-state index in [0.717, 1.165) is 31.2 Å². The van der Waals surface area contributed by atoms with E-state index in [0.29, 0.717) is 24.4 Å². The Morgan fingerprint density at radius 3 is 2.28 bits per heavy atom. The molecule has 1 aliphatic carbocycles. The second-order valence-corrected chi connectivity index (χ2v) is 6.47. The number of ketones is 1. The molecule has 6 nitrogen and oxygen atoms in total. The SMILES string of the molecule is Cl.N=C(N)NC[C@H]1CC[C@H](C(=O)c2ccc(CCC(=O)O)cc2)CC1. The van der Waals surface area contributed by atoms with E-state index in [1.165, 1.54) is 0 Å². The lowest BCUT2D eigenvalue weighted by Crippen LogP contribution is -2.36. The summed E-state index contributed by atoms with van der Waals surface area (Å²) in [6.07, 6.45) is 4.25. The van der Waals surface area contributed by atoms with Crippen LogP contribution in [0.2, 0.25) is 0 Å². The molecule has 25 heavy (non-hydrogen) atoms. The minimum atomic E-state index is -0.814. The van der Waals surface area contributed by atoms with Crippen LogP contribution in [0.3, 0.4) is 0 Å². The highest BCUT2D eigenvalue weighted by atomic mass is 35.5. The van der Waals surface area contributed by atoms with Gasteiger partial charge in [0.15, 0.2) is 11.7 Å². The molecule has 138 valence electrons. The fraction of sp³-hybridized carbons (Fsp3) is 0.500. The molecule has 0 heterocycles. The highest BCUT2D eigenvalue weighted by molar-refractivity contribution is 5.97. The Labute approximate surface area is 154 Å². The number of hydrogen-bond acceptors (Lipinski definition) is 3. The Kier molecular flexibility index (Phi) is 8.41. The van der Waals surface area contributed by atoms with Crippen LogP contribution in [-0.4, -0.2) is 29.4 Å². The number of aryl methyl sites for hydroxylation is 1. The van der Waals surface area contributed by atoms with Crippen molar-refractivity contribution >= 4 is 30.1 Å². The summed E-state index contributed by atoms with van der Waals surface area (Å²) in [5.41, 5.74) is 6.94. The number of carboxylic acids is 1. The number of nitrogens with one attached hydrogen (secondary N) is 2. The molecule has 2 rings (SSSR count). The molecular weight excluding hydrogens is 342 g/mol. The molecule has 7 heteroatoms. The van der Waals surface area contributed by atoms with E-state index in [2.05, 4.69) is 5.32 Å². The molecule has 0 amide bonds. The molecule has 1 aromatic rings. The van der Waals surface area contributed by atoms with Crippen molar-refractivity contribution in [1.29, 1.82) is 5.41 Å². The van der Waals surface area contributed by atoms with Gasteiger partial charge < -0.3 is 16.2 Å². The molecule has 0 spiro atoms. The molecule has 0 aliphatic heterocycles. The van der Waals surface area contributed by atoms with Crippen molar-refractivity contribution in [2.75, 3.05) is 6.54 Å². The number of carbonyl (C=O) groups is 2. The minimum Gasteiger partial charge on any atom is -0.481 e. The Morgan fingerprint density at radius 2 is 1.76 bits per heavy atom. The van der Waals surface area contributed by atoms with Gasteiger partial charge in [0.1, 0.15) is 0 Å². The lowest BCUT2D eigenvalue weighted by atomic mass is 9.78. The van der Waals surface area contributed by atoms with Gasteiger partial charge >= 0.3 is 5.97 Å². The van der Waals surface area contributed by atoms with Crippen LogP contribution in [0.5, 0.6) is 0 Å². The van der Waals surface area contributed by atoms with Gasteiger partial charge in [-0.3, -0.25) is 15.0 Å². The highest BCUT2D eigenvalue weighted by Gasteiger charge is 2.26. The van der Waals surface area contributed by atoms with Crippen LogP contribution >= 0.6 is 12.4 Å². The number of hydrogen-bond donors (Lipinski definition) is 4. The number of halogens is 1. The zero-order chi connectivity index (χ0) is 17.5. The van der Waals surface area contributed by atoms with E-state index in [-0.39, 0.29) is 36.5 Å². The van der Waals surface area contributed by atoms with Gasteiger partial charge in [-0.25, -0.2) is 0 Å². The van der Waals surface area contributed by atoms with Crippen LogP contribution in [0.15, 0.2) is 24.3 Å². The maximum absolute atomic E-state index is 12.6. The van der Waals surface area contributed by atoms with Crippen molar-refractivity contribution in [2.24, 2.45) is 17.6 Å². The van der Waals surface area contributed by atoms with Gasteiger partial charge in [-0.1, -0.05) is 24.3 Å². The van der Waals surface area contributed by atoms with E-state index < -0.39 is 5.97 Å². The first-order chi connectivity index (χ1) is 11.5. The summed E-state index contributed by atoms with van der Waals surface area (Å²) >= 11 is 0. The molecular formula is C18H26ClN3O3. The van der Waals surface area contributed by atoms with Crippen LogP contribution < -0.4 is 11.1 Å². The van der Waals surface area contributed by atoms with E-state index >= 15 is 0 Å². The summed E-state index contributed by atoms with van der Waals surface area (Å²) in [6.45, 7) is 0.703. The van der Waals surface area contributed by atoms with E-state index in [9.17, 15) is 9.59 Å². The minimum absolute atomic E-state index is 0. The van der Waals surface area contributed by atoms with Crippen molar-refractivity contribution in [3.05, 3.63) is 35.4 Å². The number of nitrogens with two attached hydrogens (primary N) is 1. The van der Waals surface area contributed by atoms with Crippen LogP contribution in [-0.2, 0) is 11.2 Å². The second-order valence-electron chi connectivity index (χ2n) is 6.47. The molecule has 0 bridgehead atoms. The van der Waals surface area contributed by atoms with Crippen molar-refractivity contribution < 1.29 is 14.7 Å². The third-order valence-electron chi connectivity index (χ3n) is 4.66. The summed E-state index contributed by atoms with van der Waals surface area (Å²) < 4.78 is 0. The molecule has 0 radical (unpaired) electrons. The number of rotatable bonds is 7. The molecule has 0 saturated heterocycles. The largest absolute Gasteiger partial charge is 0.481 e. The van der Waals surface area contributed by atoms with Crippen molar-refractivity contribution in [2.45, 2.75) is 38.5 Å². The Bertz CT molecular complexity index is 596. The molecule has 0 unspecified atom stereocenters. The number of aliphatic carboxylic acids is 1. The van der Waals surface area contributed by atoms with Crippen LogP contribution in [0, 0.1) is 17.2 Å². The topological polar surface area (TPSA) is 116 Å². The van der Waals surface area contributed by atoms with Crippen LogP contribution in [0.1, 0.15) is 48.0 Å². The third kappa shape index (κ3) is 6.74. The maximum Gasteiger partial charge on any atom is 0.303 e. The van der Waals surface area contributed by atoms with E-state index in [4.69, 9.17) is 16.2 Å². The lowest BCUT2D eigenvalue weighted by Gasteiger charge is -2.27. The predicted octanol–water partition coefficient (Wildman–Crippen LogP) is 2.60. The monoisotopic (exact) mass is 367 g/mol. The van der Waals surface area contributed by atoms with Crippen molar-refractivity contribution in [1.82, 2.24) is 5.32 Å². The smallest absolute Gasteiger partial charge is 0.303 e. The Morgan fingerprint density at radius 1 is 1.16 bits per heavy atom. The number of guanidine groups is 1. The van der Waals surface area contributed by atoms with Gasteiger partial charge in [0.05, 0.1) is 0 Å². The molecule has 0 atom stereocenters. The quantitative estimate of drug-likeness (QED) is 0.336. The number of Topliss-reactive ketones (excluding diaryl/α,β-unsaturated/α-hetero) is 1. The first kappa shape index (κ1) is 21.0.